The quantitative estimate of drug-likeness (QED) is 0.279. The van der Waals surface area contributed by atoms with Crippen LogP contribution in [0.3, 0.4) is 0 Å². The first-order valence-electron chi connectivity index (χ1n) is 9.81. The Bertz CT molecular complexity index is 998. The van der Waals surface area contributed by atoms with Crippen molar-refractivity contribution in [1.29, 1.82) is 0 Å². The first-order chi connectivity index (χ1) is 14.1. The molecule has 146 valence electrons. The Balaban J connectivity index is 2.18. The van der Waals surface area contributed by atoms with Crippen molar-refractivity contribution in [2.45, 2.75) is 12.6 Å². The Morgan fingerprint density at radius 3 is 1.31 bits per heavy atom. The second-order valence-corrected chi connectivity index (χ2v) is 16.3. The summed E-state index contributed by atoms with van der Waals surface area (Å²) in [5.74, 6) is 0. The molecule has 0 aliphatic carbocycles. The zero-order chi connectivity index (χ0) is 20.3. The number of nitrogens with two attached hydrogens (primary N) is 1. The normalized spacial score (nSPS) is 13.9. The SMILES string of the molecule is CC(c1ccccc1N)P(Br)(c1ccccc1)(c1ccccc1)c1ccccc1. The van der Waals surface area contributed by atoms with Gasteiger partial charge in [0.15, 0.2) is 0 Å². The van der Waals surface area contributed by atoms with E-state index in [9.17, 15) is 0 Å². The monoisotopic (exact) mass is 461 g/mol. The molecule has 0 amide bonds. The Hall–Kier alpha value is -2.41. The number of hydrogen-bond acceptors (Lipinski definition) is 1. The molecule has 0 aliphatic rings. The predicted molar refractivity (Wildman–Crippen MR) is 133 cm³/mol. The molecule has 0 heterocycles. The Labute approximate surface area is 181 Å². The summed E-state index contributed by atoms with van der Waals surface area (Å²) in [6, 6.07) is 40.8. The van der Waals surface area contributed by atoms with Gasteiger partial charge in [0, 0.05) is 0 Å². The van der Waals surface area contributed by atoms with Gasteiger partial charge in [-0.05, 0) is 0 Å². The fraction of sp³-hybridized carbons (Fsp3) is 0.0769. The van der Waals surface area contributed by atoms with Gasteiger partial charge in [0.1, 0.15) is 0 Å². The molecule has 1 atom stereocenters. The summed E-state index contributed by atoms with van der Waals surface area (Å²) in [4.78, 5) is 0. The van der Waals surface area contributed by atoms with Crippen molar-refractivity contribution in [2.75, 3.05) is 5.73 Å². The molecule has 0 bridgehead atoms. The zero-order valence-electron chi connectivity index (χ0n) is 16.4. The number of halogens is 1. The van der Waals surface area contributed by atoms with Crippen LogP contribution < -0.4 is 21.6 Å². The summed E-state index contributed by atoms with van der Waals surface area (Å²) >= 11 is 4.53. The molecule has 0 saturated heterocycles. The van der Waals surface area contributed by atoms with Crippen molar-refractivity contribution in [3.05, 3.63) is 121 Å². The van der Waals surface area contributed by atoms with Crippen LogP contribution in [0.15, 0.2) is 115 Å². The van der Waals surface area contributed by atoms with Crippen molar-refractivity contribution in [3.8, 4) is 0 Å². The van der Waals surface area contributed by atoms with Crippen LogP contribution in [0.5, 0.6) is 0 Å². The fourth-order valence-corrected chi connectivity index (χ4v) is 12.5. The van der Waals surface area contributed by atoms with Gasteiger partial charge in [-0.3, -0.25) is 0 Å². The molecule has 0 fully saturated rings. The predicted octanol–water partition coefficient (Wildman–Crippen LogP) is 6.17. The summed E-state index contributed by atoms with van der Waals surface area (Å²) < 4.78 is 0. The van der Waals surface area contributed by atoms with Gasteiger partial charge in [-0.25, -0.2) is 0 Å². The summed E-state index contributed by atoms with van der Waals surface area (Å²) in [5.41, 5.74) is 8.64. The van der Waals surface area contributed by atoms with E-state index in [2.05, 4.69) is 126 Å². The average Bonchev–Trinajstić information content (AvgIpc) is 2.80. The molecule has 4 aromatic carbocycles. The molecule has 4 aromatic rings. The van der Waals surface area contributed by atoms with Gasteiger partial charge in [-0.1, -0.05) is 0 Å². The molecule has 1 unspecified atom stereocenters. The maximum atomic E-state index is 6.51. The van der Waals surface area contributed by atoms with Crippen LogP contribution in [-0.2, 0) is 0 Å². The van der Waals surface area contributed by atoms with E-state index in [1.54, 1.807) is 0 Å². The Morgan fingerprint density at radius 2 is 0.931 bits per heavy atom. The van der Waals surface area contributed by atoms with Gasteiger partial charge >= 0.3 is 182 Å². The van der Waals surface area contributed by atoms with Crippen molar-refractivity contribution in [3.63, 3.8) is 0 Å². The van der Waals surface area contributed by atoms with Gasteiger partial charge in [-0.15, -0.1) is 0 Å². The van der Waals surface area contributed by atoms with E-state index in [1.165, 1.54) is 21.5 Å². The fourth-order valence-electron chi connectivity index (χ4n) is 4.43. The van der Waals surface area contributed by atoms with Gasteiger partial charge in [-0.2, -0.15) is 0 Å². The maximum absolute atomic E-state index is 6.51. The summed E-state index contributed by atoms with van der Waals surface area (Å²) in [6.45, 7) is 2.31. The number of anilines is 1. The Kier molecular flexibility index (Phi) is 5.34. The average molecular weight is 462 g/mol. The van der Waals surface area contributed by atoms with E-state index in [0.29, 0.717) is 0 Å². The van der Waals surface area contributed by atoms with Crippen LogP contribution in [0.4, 0.5) is 5.69 Å². The topological polar surface area (TPSA) is 26.0 Å². The minimum absolute atomic E-state index is 0.134. The van der Waals surface area contributed by atoms with Gasteiger partial charge in [0.05, 0.1) is 0 Å². The zero-order valence-corrected chi connectivity index (χ0v) is 18.9. The van der Waals surface area contributed by atoms with Crippen LogP contribution >= 0.6 is 20.8 Å². The van der Waals surface area contributed by atoms with Crippen LogP contribution in [0.25, 0.3) is 0 Å². The molecular weight excluding hydrogens is 437 g/mol. The summed E-state index contributed by atoms with van der Waals surface area (Å²) in [5, 5.41) is 0.805. The molecule has 4 rings (SSSR count). The van der Waals surface area contributed by atoms with Crippen molar-refractivity contribution in [1.82, 2.24) is 0 Å². The molecule has 0 aromatic heterocycles. The third-order valence-electron chi connectivity index (χ3n) is 5.96. The van der Waals surface area contributed by atoms with E-state index in [4.69, 9.17) is 5.73 Å². The first-order valence-corrected chi connectivity index (χ1v) is 14.1. The van der Waals surface area contributed by atoms with Crippen molar-refractivity contribution < 1.29 is 0 Å². The Morgan fingerprint density at radius 1 is 0.586 bits per heavy atom. The van der Waals surface area contributed by atoms with Gasteiger partial charge < -0.3 is 0 Å². The molecule has 0 saturated carbocycles. The molecule has 29 heavy (non-hydrogen) atoms. The summed E-state index contributed by atoms with van der Waals surface area (Å²) in [7, 11) is 0. The summed E-state index contributed by atoms with van der Waals surface area (Å²) in [6.07, 6.45) is 0. The van der Waals surface area contributed by atoms with Gasteiger partial charge in [0.2, 0.25) is 0 Å². The van der Waals surface area contributed by atoms with Crippen LogP contribution in [0, 0.1) is 0 Å². The van der Waals surface area contributed by atoms with E-state index in [0.717, 1.165) is 5.69 Å². The van der Waals surface area contributed by atoms with E-state index < -0.39 is 5.31 Å². The number of para-hydroxylation sites is 1. The van der Waals surface area contributed by atoms with Crippen molar-refractivity contribution in [2.24, 2.45) is 0 Å². The molecule has 0 aliphatic heterocycles. The van der Waals surface area contributed by atoms with E-state index in [1.807, 2.05) is 12.1 Å². The van der Waals surface area contributed by atoms with Crippen LogP contribution in [0.2, 0.25) is 0 Å². The third kappa shape index (κ3) is 3.03. The molecule has 0 radical (unpaired) electrons. The molecule has 1 nitrogen and oxygen atoms in total. The minimum atomic E-state index is -3.09. The number of benzene rings is 4. The van der Waals surface area contributed by atoms with Crippen LogP contribution in [-0.4, -0.2) is 0 Å². The molecule has 3 heteroatoms. The standard InChI is InChI=1S/C26H25BrNP/c1-21(25-19-11-12-20-26(25)28)29(27,22-13-5-2-6-14-22,23-15-7-3-8-16-23)24-17-9-4-10-18-24/h2-21H,28H2,1H3. The van der Waals surface area contributed by atoms with Crippen molar-refractivity contribution >= 4 is 42.4 Å². The van der Waals surface area contributed by atoms with E-state index >= 15 is 0 Å². The first kappa shape index (κ1) is 19.9. The molecule has 2 N–H and O–H groups in total. The van der Waals surface area contributed by atoms with Crippen LogP contribution in [0.1, 0.15) is 18.1 Å². The second-order valence-electron chi connectivity index (χ2n) is 7.39. The number of rotatable bonds is 5. The van der Waals surface area contributed by atoms with Gasteiger partial charge in [0.25, 0.3) is 0 Å². The number of hydrogen-bond donors (Lipinski definition) is 1. The third-order valence-corrected chi connectivity index (χ3v) is 17.1. The second kappa shape index (κ2) is 7.78. The molecular formula is C26H25BrNP. The van der Waals surface area contributed by atoms with E-state index in [-0.39, 0.29) is 5.66 Å². The number of nitrogen functional groups attached to an aromatic ring is 1. The molecule has 0 spiro atoms.